The highest BCUT2D eigenvalue weighted by atomic mass is 79.9. The van der Waals surface area contributed by atoms with Crippen molar-refractivity contribution in [2.45, 2.75) is 6.54 Å². The van der Waals surface area contributed by atoms with Gasteiger partial charge in [0.2, 0.25) is 0 Å². The van der Waals surface area contributed by atoms with Crippen LogP contribution in [0.4, 0.5) is 10.1 Å². The molecular weight excluding hydrogens is 340 g/mol. The van der Waals surface area contributed by atoms with Crippen LogP contribution in [0.5, 0.6) is 0 Å². The van der Waals surface area contributed by atoms with E-state index in [4.69, 9.17) is 23.2 Å². The Kier molecular flexibility index (Phi) is 4.49. The lowest BCUT2D eigenvalue weighted by molar-refractivity contribution is 0.626. The first kappa shape index (κ1) is 13.7. The third kappa shape index (κ3) is 3.61. The Labute approximate surface area is 123 Å². The molecule has 0 spiro atoms. The van der Waals surface area contributed by atoms with Crippen LogP contribution in [0.2, 0.25) is 10.0 Å². The highest BCUT2D eigenvalue weighted by Crippen LogP contribution is 2.26. The molecule has 0 saturated carbocycles. The molecule has 1 nitrogen and oxygen atoms in total. The molecule has 1 N–H and O–H groups in total. The normalized spacial score (nSPS) is 10.4. The SMILES string of the molecule is Fc1cc(Cl)cc(CNc2cc(Br)ccc2Cl)c1. The zero-order chi connectivity index (χ0) is 13.1. The summed E-state index contributed by atoms with van der Waals surface area (Å²) >= 11 is 15.2. The van der Waals surface area contributed by atoms with Gasteiger partial charge in [0.25, 0.3) is 0 Å². The van der Waals surface area contributed by atoms with Gasteiger partial charge in [-0.1, -0.05) is 39.1 Å². The van der Waals surface area contributed by atoms with Gasteiger partial charge in [-0.05, 0) is 42.0 Å². The van der Waals surface area contributed by atoms with Crippen molar-refractivity contribution in [3.05, 3.63) is 62.3 Å². The highest BCUT2D eigenvalue weighted by molar-refractivity contribution is 9.10. The molecule has 2 rings (SSSR count). The number of hydrogen-bond donors (Lipinski definition) is 1. The fourth-order valence-electron chi connectivity index (χ4n) is 1.54. The average Bonchev–Trinajstić information content (AvgIpc) is 2.29. The number of nitrogens with one attached hydrogen (secondary N) is 1. The Morgan fingerprint density at radius 1 is 1.11 bits per heavy atom. The van der Waals surface area contributed by atoms with E-state index in [0.717, 1.165) is 15.7 Å². The second kappa shape index (κ2) is 5.91. The van der Waals surface area contributed by atoms with Crippen LogP contribution >= 0.6 is 39.1 Å². The van der Waals surface area contributed by atoms with Crippen LogP contribution in [-0.2, 0) is 6.54 Å². The summed E-state index contributed by atoms with van der Waals surface area (Å²) in [5.74, 6) is -0.348. The molecule has 0 amide bonds. The van der Waals surface area contributed by atoms with Crippen LogP contribution < -0.4 is 5.32 Å². The van der Waals surface area contributed by atoms with Crippen molar-refractivity contribution in [1.29, 1.82) is 0 Å². The first-order chi connectivity index (χ1) is 8.54. The number of anilines is 1. The van der Waals surface area contributed by atoms with Crippen LogP contribution in [-0.4, -0.2) is 0 Å². The quantitative estimate of drug-likeness (QED) is 0.771. The van der Waals surface area contributed by atoms with Gasteiger partial charge in [-0.3, -0.25) is 0 Å². The number of hydrogen-bond acceptors (Lipinski definition) is 1. The zero-order valence-electron chi connectivity index (χ0n) is 9.18. The van der Waals surface area contributed by atoms with E-state index in [0.29, 0.717) is 16.6 Å². The Bertz CT molecular complexity index is 555. The standard InChI is InChI=1S/C13H9BrCl2FN/c14-9-1-2-12(16)13(5-9)18-7-8-3-10(15)6-11(17)4-8/h1-6,18H,7H2. The lowest BCUT2D eigenvalue weighted by Crippen LogP contribution is -2.00. The van der Waals surface area contributed by atoms with Crippen molar-refractivity contribution < 1.29 is 4.39 Å². The molecule has 2 aromatic carbocycles. The minimum Gasteiger partial charge on any atom is -0.380 e. The third-order valence-electron chi connectivity index (χ3n) is 2.33. The molecule has 0 aliphatic rings. The Morgan fingerprint density at radius 3 is 2.61 bits per heavy atom. The second-order valence-corrected chi connectivity index (χ2v) is 5.51. The molecule has 0 radical (unpaired) electrons. The Balaban J connectivity index is 2.13. The molecule has 0 bridgehead atoms. The van der Waals surface area contributed by atoms with Crippen molar-refractivity contribution in [2.75, 3.05) is 5.32 Å². The van der Waals surface area contributed by atoms with Gasteiger partial charge < -0.3 is 5.32 Å². The van der Waals surface area contributed by atoms with Gasteiger partial charge >= 0.3 is 0 Å². The van der Waals surface area contributed by atoms with E-state index in [1.807, 2.05) is 12.1 Å². The van der Waals surface area contributed by atoms with Crippen molar-refractivity contribution >= 4 is 44.8 Å². The van der Waals surface area contributed by atoms with E-state index in [2.05, 4.69) is 21.2 Å². The van der Waals surface area contributed by atoms with Crippen LogP contribution in [0.1, 0.15) is 5.56 Å². The Hall–Kier alpha value is -0.770. The lowest BCUT2D eigenvalue weighted by Gasteiger charge is -2.09. The topological polar surface area (TPSA) is 12.0 Å². The molecule has 0 saturated heterocycles. The summed E-state index contributed by atoms with van der Waals surface area (Å²) in [6.45, 7) is 0.452. The van der Waals surface area contributed by atoms with Crippen LogP contribution in [0.25, 0.3) is 0 Å². The first-order valence-corrected chi connectivity index (χ1v) is 6.73. The average molecular weight is 349 g/mol. The van der Waals surface area contributed by atoms with Crippen LogP contribution in [0.3, 0.4) is 0 Å². The second-order valence-electron chi connectivity index (χ2n) is 3.76. The van der Waals surface area contributed by atoms with Gasteiger partial charge in [0.1, 0.15) is 5.82 Å². The summed E-state index contributed by atoms with van der Waals surface area (Å²) in [5.41, 5.74) is 1.54. The van der Waals surface area contributed by atoms with Gasteiger partial charge in [-0.25, -0.2) is 4.39 Å². The predicted octanol–water partition coefficient (Wildman–Crippen LogP) is 5.51. The minimum atomic E-state index is -0.348. The van der Waals surface area contributed by atoms with Crippen LogP contribution in [0.15, 0.2) is 40.9 Å². The van der Waals surface area contributed by atoms with Crippen molar-refractivity contribution in [2.24, 2.45) is 0 Å². The monoisotopic (exact) mass is 347 g/mol. The molecule has 0 atom stereocenters. The molecule has 94 valence electrons. The van der Waals surface area contributed by atoms with E-state index in [9.17, 15) is 4.39 Å². The smallest absolute Gasteiger partial charge is 0.125 e. The molecule has 5 heteroatoms. The molecular formula is C13H9BrCl2FN. The maximum absolute atomic E-state index is 13.2. The van der Waals surface area contributed by atoms with Crippen molar-refractivity contribution in [1.82, 2.24) is 0 Å². The summed E-state index contributed by atoms with van der Waals surface area (Å²) in [6, 6.07) is 9.92. The molecule has 0 heterocycles. The number of benzene rings is 2. The van der Waals surface area contributed by atoms with Gasteiger partial charge in [-0.15, -0.1) is 0 Å². The van der Waals surface area contributed by atoms with E-state index in [1.165, 1.54) is 12.1 Å². The molecule has 2 aromatic rings. The largest absolute Gasteiger partial charge is 0.380 e. The maximum Gasteiger partial charge on any atom is 0.125 e. The molecule has 0 aliphatic heterocycles. The molecule has 18 heavy (non-hydrogen) atoms. The van der Waals surface area contributed by atoms with Gasteiger partial charge in [0.05, 0.1) is 10.7 Å². The van der Waals surface area contributed by atoms with Crippen LogP contribution in [0, 0.1) is 5.82 Å². The maximum atomic E-state index is 13.2. The highest BCUT2D eigenvalue weighted by Gasteiger charge is 2.03. The molecule has 0 unspecified atom stereocenters. The Morgan fingerprint density at radius 2 is 1.89 bits per heavy atom. The number of rotatable bonds is 3. The van der Waals surface area contributed by atoms with Gasteiger partial charge in [-0.2, -0.15) is 0 Å². The summed E-state index contributed by atoms with van der Waals surface area (Å²) in [7, 11) is 0. The van der Waals surface area contributed by atoms with E-state index in [1.54, 1.807) is 12.1 Å². The van der Waals surface area contributed by atoms with E-state index in [-0.39, 0.29) is 5.82 Å². The predicted molar refractivity (Wildman–Crippen MR) is 77.9 cm³/mol. The number of halogens is 4. The zero-order valence-corrected chi connectivity index (χ0v) is 12.3. The van der Waals surface area contributed by atoms with Crippen molar-refractivity contribution in [3.63, 3.8) is 0 Å². The fourth-order valence-corrected chi connectivity index (χ4v) is 2.33. The summed E-state index contributed by atoms with van der Waals surface area (Å²) < 4.78 is 14.1. The van der Waals surface area contributed by atoms with Gasteiger partial charge in [0, 0.05) is 16.0 Å². The first-order valence-electron chi connectivity index (χ1n) is 5.18. The minimum absolute atomic E-state index is 0.348. The third-order valence-corrected chi connectivity index (χ3v) is 3.37. The van der Waals surface area contributed by atoms with E-state index >= 15 is 0 Å². The molecule has 0 aromatic heterocycles. The summed E-state index contributed by atoms with van der Waals surface area (Å²) in [5, 5.41) is 4.13. The van der Waals surface area contributed by atoms with Crippen molar-refractivity contribution in [3.8, 4) is 0 Å². The van der Waals surface area contributed by atoms with Gasteiger partial charge in [0.15, 0.2) is 0 Å². The van der Waals surface area contributed by atoms with E-state index < -0.39 is 0 Å². The molecule has 0 fully saturated rings. The molecule has 0 aliphatic carbocycles. The summed E-state index contributed by atoms with van der Waals surface area (Å²) in [6.07, 6.45) is 0. The summed E-state index contributed by atoms with van der Waals surface area (Å²) in [4.78, 5) is 0. The lowest BCUT2D eigenvalue weighted by atomic mass is 10.2. The fraction of sp³-hybridized carbons (Fsp3) is 0.0769.